The summed E-state index contributed by atoms with van der Waals surface area (Å²) in [6.45, 7) is 2.44. The van der Waals surface area contributed by atoms with Crippen molar-refractivity contribution >= 4 is 17.8 Å². The number of hydrogen-bond donors (Lipinski definition) is 2. The predicted molar refractivity (Wildman–Crippen MR) is 112 cm³/mol. The van der Waals surface area contributed by atoms with Crippen molar-refractivity contribution in [2.45, 2.75) is 13.5 Å². The smallest absolute Gasteiger partial charge is 0.271 e. The Bertz CT molecular complexity index is 1080. The molecule has 152 valence electrons. The number of carbonyl (C=O) groups excluding carboxylic acids is 1. The van der Waals surface area contributed by atoms with Crippen molar-refractivity contribution in [2.24, 2.45) is 5.10 Å². The van der Waals surface area contributed by atoms with Crippen molar-refractivity contribution in [3.63, 3.8) is 0 Å². The highest BCUT2D eigenvalue weighted by atomic mass is 16.6. The Labute approximate surface area is 172 Å². The van der Waals surface area contributed by atoms with Gasteiger partial charge in [0.05, 0.1) is 11.1 Å². The molecule has 0 aliphatic carbocycles. The van der Waals surface area contributed by atoms with E-state index >= 15 is 0 Å². The van der Waals surface area contributed by atoms with Gasteiger partial charge in [0, 0.05) is 23.3 Å². The van der Waals surface area contributed by atoms with Gasteiger partial charge in [-0.2, -0.15) is 5.10 Å². The number of phenolic OH excluding ortho intramolecular Hbond substituents is 1. The lowest BCUT2D eigenvalue weighted by Gasteiger charge is -2.07. The van der Waals surface area contributed by atoms with E-state index in [1.165, 1.54) is 17.7 Å². The van der Waals surface area contributed by atoms with Crippen LogP contribution in [0.1, 0.15) is 27.0 Å². The quantitative estimate of drug-likeness (QED) is 0.351. The van der Waals surface area contributed by atoms with Crippen molar-refractivity contribution in [1.82, 2.24) is 5.43 Å². The third-order valence-corrected chi connectivity index (χ3v) is 4.23. The number of ether oxygens (including phenoxy) is 1. The van der Waals surface area contributed by atoms with E-state index in [-0.39, 0.29) is 17.0 Å². The monoisotopic (exact) mass is 405 g/mol. The highest BCUT2D eigenvalue weighted by molar-refractivity contribution is 5.95. The molecule has 3 rings (SSSR count). The first kappa shape index (κ1) is 20.5. The lowest BCUT2D eigenvalue weighted by atomic mass is 10.2. The van der Waals surface area contributed by atoms with Gasteiger partial charge in [-0.3, -0.25) is 14.9 Å². The maximum absolute atomic E-state index is 12.2. The first-order valence-corrected chi connectivity index (χ1v) is 9.01. The Morgan fingerprint density at radius 1 is 1.13 bits per heavy atom. The molecule has 3 aromatic carbocycles. The second kappa shape index (κ2) is 9.33. The Morgan fingerprint density at radius 3 is 2.50 bits per heavy atom. The van der Waals surface area contributed by atoms with E-state index in [1.54, 1.807) is 24.3 Å². The number of benzene rings is 3. The Balaban J connectivity index is 1.57. The van der Waals surface area contributed by atoms with Crippen LogP contribution in [-0.4, -0.2) is 22.2 Å². The van der Waals surface area contributed by atoms with E-state index in [2.05, 4.69) is 10.5 Å². The number of nitro benzene ring substituents is 1. The van der Waals surface area contributed by atoms with E-state index in [9.17, 15) is 20.0 Å². The standard InChI is InChI=1S/C22H19N3O5/c1-15-2-4-16(5-3-15)14-30-20-9-6-17(7-10-20)22(27)24-23-13-18-12-19(25(28)29)8-11-21(18)26/h2-13,26H,14H2,1H3,(H,24,27). The molecular formula is C22H19N3O5. The third-order valence-electron chi connectivity index (χ3n) is 4.23. The van der Waals surface area contributed by atoms with Crippen LogP contribution in [0.2, 0.25) is 0 Å². The molecule has 0 saturated heterocycles. The fourth-order valence-corrected chi connectivity index (χ4v) is 2.54. The number of phenols is 1. The number of hydrogen-bond acceptors (Lipinski definition) is 6. The minimum Gasteiger partial charge on any atom is -0.507 e. The third kappa shape index (κ3) is 5.41. The number of nitro groups is 1. The zero-order chi connectivity index (χ0) is 21.5. The summed E-state index contributed by atoms with van der Waals surface area (Å²) in [4.78, 5) is 22.4. The first-order chi connectivity index (χ1) is 14.4. The highest BCUT2D eigenvalue weighted by Gasteiger charge is 2.09. The second-order valence-electron chi connectivity index (χ2n) is 6.50. The number of rotatable bonds is 7. The van der Waals surface area contributed by atoms with Crippen LogP contribution in [0.25, 0.3) is 0 Å². The Hall–Kier alpha value is -4.20. The number of nitrogens with one attached hydrogen (secondary N) is 1. The zero-order valence-corrected chi connectivity index (χ0v) is 16.1. The molecular weight excluding hydrogens is 386 g/mol. The van der Waals surface area contributed by atoms with Gasteiger partial charge in [0.2, 0.25) is 0 Å². The second-order valence-corrected chi connectivity index (χ2v) is 6.50. The molecule has 30 heavy (non-hydrogen) atoms. The van der Waals surface area contributed by atoms with E-state index in [0.29, 0.717) is 17.9 Å². The largest absolute Gasteiger partial charge is 0.507 e. The van der Waals surface area contributed by atoms with E-state index < -0.39 is 10.8 Å². The summed E-state index contributed by atoms with van der Waals surface area (Å²) in [5.41, 5.74) is 4.82. The van der Waals surface area contributed by atoms with Gasteiger partial charge < -0.3 is 9.84 Å². The molecule has 0 bridgehead atoms. The molecule has 0 aliphatic heterocycles. The maximum Gasteiger partial charge on any atom is 0.271 e. The molecule has 8 heteroatoms. The van der Waals surface area contributed by atoms with Crippen LogP contribution in [0.4, 0.5) is 5.69 Å². The van der Waals surface area contributed by atoms with Crippen LogP contribution < -0.4 is 10.2 Å². The molecule has 3 aromatic rings. The number of nitrogens with zero attached hydrogens (tertiary/aromatic N) is 2. The number of carbonyl (C=O) groups is 1. The highest BCUT2D eigenvalue weighted by Crippen LogP contribution is 2.21. The summed E-state index contributed by atoms with van der Waals surface area (Å²) in [7, 11) is 0. The van der Waals surface area contributed by atoms with Gasteiger partial charge >= 0.3 is 0 Å². The lowest BCUT2D eigenvalue weighted by molar-refractivity contribution is -0.384. The van der Waals surface area contributed by atoms with Crippen LogP contribution in [0.3, 0.4) is 0 Å². The summed E-state index contributed by atoms with van der Waals surface area (Å²) >= 11 is 0. The van der Waals surface area contributed by atoms with Crippen LogP contribution in [0.15, 0.2) is 71.8 Å². The fraction of sp³-hybridized carbons (Fsp3) is 0.0909. The predicted octanol–water partition coefficient (Wildman–Crippen LogP) is 3.95. The Morgan fingerprint density at radius 2 is 1.83 bits per heavy atom. The summed E-state index contributed by atoms with van der Waals surface area (Å²) in [5.74, 6) is -0.0351. The minimum absolute atomic E-state index is 0.115. The van der Waals surface area contributed by atoms with E-state index in [4.69, 9.17) is 4.74 Å². The number of aromatic hydroxyl groups is 1. The van der Waals surface area contributed by atoms with Gasteiger partial charge in [0.15, 0.2) is 0 Å². The molecule has 0 radical (unpaired) electrons. The summed E-state index contributed by atoms with van der Waals surface area (Å²) < 4.78 is 5.71. The molecule has 0 atom stereocenters. The molecule has 0 spiro atoms. The number of aryl methyl sites for hydroxylation is 1. The van der Waals surface area contributed by atoms with Crippen molar-refractivity contribution < 1.29 is 19.6 Å². The fourth-order valence-electron chi connectivity index (χ4n) is 2.54. The minimum atomic E-state index is -0.585. The van der Waals surface area contributed by atoms with Crippen LogP contribution in [0.5, 0.6) is 11.5 Å². The molecule has 0 aliphatic rings. The van der Waals surface area contributed by atoms with Crippen molar-refractivity contribution in [3.05, 3.63) is 99.1 Å². The first-order valence-electron chi connectivity index (χ1n) is 9.01. The van der Waals surface area contributed by atoms with E-state index in [1.807, 2.05) is 31.2 Å². The van der Waals surface area contributed by atoms with Gasteiger partial charge in [-0.15, -0.1) is 0 Å². The van der Waals surface area contributed by atoms with Crippen LogP contribution in [-0.2, 0) is 6.61 Å². The molecule has 1 amide bonds. The van der Waals surface area contributed by atoms with Crippen LogP contribution in [0, 0.1) is 17.0 Å². The summed E-state index contributed by atoms with van der Waals surface area (Å²) in [6, 6.07) is 18.1. The average Bonchev–Trinajstić information content (AvgIpc) is 2.74. The van der Waals surface area contributed by atoms with Gasteiger partial charge in [-0.05, 0) is 42.8 Å². The van der Waals surface area contributed by atoms with Gasteiger partial charge in [-0.1, -0.05) is 29.8 Å². The van der Waals surface area contributed by atoms with Gasteiger partial charge in [0.1, 0.15) is 18.1 Å². The van der Waals surface area contributed by atoms with Crippen molar-refractivity contribution in [3.8, 4) is 11.5 Å². The average molecular weight is 405 g/mol. The Kier molecular flexibility index (Phi) is 6.39. The molecule has 0 heterocycles. The molecule has 0 fully saturated rings. The number of non-ortho nitro benzene ring substituents is 1. The van der Waals surface area contributed by atoms with E-state index in [0.717, 1.165) is 17.8 Å². The molecule has 2 N–H and O–H groups in total. The molecule has 8 nitrogen and oxygen atoms in total. The van der Waals surface area contributed by atoms with Gasteiger partial charge in [-0.25, -0.2) is 5.43 Å². The SMILES string of the molecule is Cc1ccc(COc2ccc(C(=O)NN=Cc3cc([N+](=O)[O-])ccc3O)cc2)cc1. The molecule has 0 unspecified atom stereocenters. The van der Waals surface area contributed by atoms with Crippen molar-refractivity contribution in [2.75, 3.05) is 0 Å². The summed E-state index contributed by atoms with van der Waals surface area (Å²) in [6.07, 6.45) is 1.14. The molecule has 0 saturated carbocycles. The topological polar surface area (TPSA) is 114 Å². The normalized spacial score (nSPS) is 10.7. The zero-order valence-electron chi connectivity index (χ0n) is 16.1. The summed E-state index contributed by atoms with van der Waals surface area (Å²) in [5, 5.41) is 24.3. The van der Waals surface area contributed by atoms with Crippen molar-refractivity contribution in [1.29, 1.82) is 0 Å². The van der Waals surface area contributed by atoms with Crippen LogP contribution >= 0.6 is 0 Å². The number of amides is 1. The lowest BCUT2D eigenvalue weighted by Crippen LogP contribution is -2.17. The molecule has 0 aromatic heterocycles. The van der Waals surface area contributed by atoms with Gasteiger partial charge in [0.25, 0.3) is 11.6 Å². The number of hydrazone groups is 1. The maximum atomic E-state index is 12.2.